The molecule has 5 nitrogen and oxygen atoms in total. The summed E-state index contributed by atoms with van der Waals surface area (Å²) in [5.41, 5.74) is 3.56. The highest BCUT2D eigenvalue weighted by atomic mass is 32.2. The molecule has 4 aromatic rings. The smallest absolute Gasteiger partial charge is 0.263 e. The molecule has 0 saturated carbocycles. The number of hydrogen-bond donors (Lipinski definition) is 0. The predicted molar refractivity (Wildman–Crippen MR) is 115 cm³/mol. The number of nitrogens with zero attached hydrogens (tertiary/aromatic N) is 4. The lowest BCUT2D eigenvalue weighted by molar-refractivity contribution is 0.519. The van der Waals surface area contributed by atoms with E-state index in [0.29, 0.717) is 16.5 Å². The summed E-state index contributed by atoms with van der Waals surface area (Å²) in [4.78, 5) is 19.9. The molecule has 0 aromatic carbocycles. The molecule has 0 saturated heterocycles. The first kappa shape index (κ1) is 18.8. The van der Waals surface area contributed by atoms with Crippen LogP contribution in [-0.2, 0) is 5.75 Å². The lowest BCUT2D eigenvalue weighted by Crippen LogP contribution is -2.24. The molecule has 142 valence electrons. The van der Waals surface area contributed by atoms with E-state index in [1.807, 2.05) is 62.7 Å². The van der Waals surface area contributed by atoms with Gasteiger partial charge in [-0.15, -0.1) is 11.3 Å². The second-order valence-electron chi connectivity index (χ2n) is 7.05. The van der Waals surface area contributed by atoms with Crippen LogP contribution in [0.25, 0.3) is 15.7 Å². The fraction of sp³-hybridized carbons (Fsp3) is 0.286. The number of pyridine rings is 1. The molecular weight excluding hydrogens is 388 g/mol. The van der Waals surface area contributed by atoms with Crippen molar-refractivity contribution < 1.29 is 0 Å². The third-order valence-electron chi connectivity index (χ3n) is 4.95. The Morgan fingerprint density at radius 2 is 2.11 bits per heavy atom. The molecule has 4 aromatic heterocycles. The van der Waals surface area contributed by atoms with Crippen molar-refractivity contribution in [1.29, 1.82) is 5.26 Å². The van der Waals surface area contributed by atoms with Gasteiger partial charge in [0.1, 0.15) is 10.9 Å². The zero-order valence-electron chi connectivity index (χ0n) is 16.2. The average molecular weight is 409 g/mol. The Morgan fingerprint density at radius 3 is 2.82 bits per heavy atom. The minimum absolute atomic E-state index is 0.00931. The van der Waals surface area contributed by atoms with E-state index in [9.17, 15) is 10.1 Å². The minimum atomic E-state index is 0.00931. The molecule has 0 spiro atoms. The van der Waals surface area contributed by atoms with Gasteiger partial charge in [-0.2, -0.15) is 5.26 Å². The summed E-state index contributed by atoms with van der Waals surface area (Å²) in [6.07, 6.45) is 3.92. The van der Waals surface area contributed by atoms with Crippen molar-refractivity contribution in [2.75, 3.05) is 0 Å². The quantitative estimate of drug-likeness (QED) is 0.349. The Bertz CT molecular complexity index is 1300. The van der Waals surface area contributed by atoms with E-state index in [1.54, 1.807) is 15.9 Å². The number of thiophene rings is 1. The average Bonchev–Trinajstić information content (AvgIpc) is 3.16. The Labute approximate surface area is 171 Å². The fourth-order valence-corrected chi connectivity index (χ4v) is 5.57. The first-order valence-corrected chi connectivity index (χ1v) is 10.9. The van der Waals surface area contributed by atoms with Crippen molar-refractivity contribution >= 4 is 38.8 Å². The van der Waals surface area contributed by atoms with E-state index < -0.39 is 0 Å². The summed E-state index contributed by atoms with van der Waals surface area (Å²) in [6, 6.07) is 8.15. The lowest BCUT2D eigenvalue weighted by atomic mass is 10.2. The van der Waals surface area contributed by atoms with E-state index in [-0.39, 0.29) is 11.6 Å². The van der Waals surface area contributed by atoms with Gasteiger partial charge in [0.05, 0.1) is 16.5 Å². The van der Waals surface area contributed by atoms with Crippen LogP contribution in [0.15, 0.2) is 40.5 Å². The van der Waals surface area contributed by atoms with Gasteiger partial charge in [-0.1, -0.05) is 17.8 Å². The van der Waals surface area contributed by atoms with Crippen LogP contribution in [0.4, 0.5) is 0 Å². The molecule has 0 N–H and O–H groups in total. The summed E-state index contributed by atoms with van der Waals surface area (Å²) in [5, 5.41) is 11.1. The van der Waals surface area contributed by atoms with Gasteiger partial charge in [-0.25, -0.2) is 4.98 Å². The molecule has 0 radical (unpaired) electrons. The number of aryl methyl sites for hydroxylation is 2. The van der Waals surface area contributed by atoms with Gasteiger partial charge in [0.25, 0.3) is 5.56 Å². The van der Waals surface area contributed by atoms with Crippen molar-refractivity contribution in [2.45, 2.75) is 44.6 Å². The summed E-state index contributed by atoms with van der Waals surface area (Å²) < 4.78 is 3.74. The van der Waals surface area contributed by atoms with Crippen LogP contribution >= 0.6 is 23.1 Å². The zero-order valence-corrected chi connectivity index (χ0v) is 17.8. The second-order valence-corrected chi connectivity index (χ2v) is 9.20. The first-order chi connectivity index (χ1) is 13.4. The van der Waals surface area contributed by atoms with E-state index >= 15 is 0 Å². The molecule has 0 amide bonds. The standard InChI is InChI=1S/C21H20N4OS2/c1-12(2)25-20(26)18-13(3)14(4)28-19(18)23-21(25)27-11-15-10-24-8-6-5-7-17(24)16(15)9-22/h5-8,10,12H,11H2,1-4H3. The topological polar surface area (TPSA) is 63.1 Å². The highest BCUT2D eigenvalue weighted by Gasteiger charge is 2.19. The Hall–Kier alpha value is -2.56. The molecule has 0 aliphatic rings. The molecule has 4 heterocycles. The van der Waals surface area contributed by atoms with E-state index in [4.69, 9.17) is 4.98 Å². The molecule has 0 aliphatic heterocycles. The number of nitriles is 1. The van der Waals surface area contributed by atoms with Crippen LogP contribution in [0.5, 0.6) is 0 Å². The van der Waals surface area contributed by atoms with Crippen LogP contribution < -0.4 is 5.56 Å². The van der Waals surface area contributed by atoms with Crippen molar-refractivity contribution in [3.63, 3.8) is 0 Å². The number of thioether (sulfide) groups is 1. The van der Waals surface area contributed by atoms with E-state index in [2.05, 4.69) is 6.07 Å². The molecule has 0 atom stereocenters. The SMILES string of the molecule is Cc1sc2nc(SCc3cn4ccccc4c3C#N)n(C(C)C)c(=O)c2c1C. The fourth-order valence-electron chi connectivity index (χ4n) is 3.40. The van der Waals surface area contributed by atoms with E-state index in [1.165, 1.54) is 11.8 Å². The summed E-state index contributed by atoms with van der Waals surface area (Å²) in [6.45, 7) is 8.02. The van der Waals surface area contributed by atoms with Crippen LogP contribution in [-0.4, -0.2) is 14.0 Å². The maximum atomic E-state index is 13.2. The van der Waals surface area contributed by atoms with Gasteiger partial charge >= 0.3 is 0 Å². The van der Waals surface area contributed by atoms with Crippen LogP contribution in [0.1, 0.15) is 41.5 Å². The first-order valence-electron chi connectivity index (χ1n) is 9.06. The molecule has 0 bridgehead atoms. The van der Waals surface area contributed by atoms with Gasteiger partial charge in [0.2, 0.25) is 0 Å². The number of rotatable bonds is 4. The monoisotopic (exact) mass is 408 g/mol. The maximum Gasteiger partial charge on any atom is 0.263 e. The van der Waals surface area contributed by atoms with Crippen LogP contribution in [0, 0.1) is 25.2 Å². The molecule has 4 rings (SSSR count). The third-order valence-corrected chi connectivity index (χ3v) is 7.05. The maximum absolute atomic E-state index is 13.2. The van der Waals surface area contributed by atoms with Gasteiger partial charge in [0, 0.05) is 29.1 Å². The van der Waals surface area contributed by atoms with E-state index in [0.717, 1.165) is 31.7 Å². The Balaban J connectivity index is 1.79. The zero-order chi connectivity index (χ0) is 20.0. The van der Waals surface area contributed by atoms with Crippen molar-refractivity contribution in [1.82, 2.24) is 14.0 Å². The van der Waals surface area contributed by atoms with Gasteiger partial charge < -0.3 is 4.40 Å². The highest BCUT2D eigenvalue weighted by Crippen LogP contribution is 2.31. The molecule has 7 heteroatoms. The lowest BCUT2D eigenvalue weighted by Gasteiger charge is -2.15. The van der Waals surface area contributed by atoms with Crippen LogP contribution in [0.3, 0.4) is 0 Å². The van der Waals surface area contributed by atoms with Crippen molar-refractivity contribution in [3.8, 4) is 6.07 Å². The normalized spacial score (nSPS) is 11.6. The van der Waals surface area contributed by atoms with Crippen molar-refractivity contribution in [2.24, 2.45) is 0 Å². The van der Waals surface area contributed by atoms with Crippen molar-refractivity contribution in [3.05, 3.63) is 62.5 Å². The predicted octanol–water partition coefficient (Wildman–Crippen LogP) is 5.07. The van der Waals surface area contributed by atoms with Gasteiger partial charge in [0.15, 0.2) is 5.16 Å². The summed E-state index contributed by atoms with van der Waals surface area (Å²) >= 11 is 3.08. The van der Waals surface area contributed by atoms with Gasteiger partial charge in [-0.05, 0) is 51.0 Å². The molecular formula is C21H20N4OS2. The highest BCUT2D eigenvalue weighted by molar-refractivity contribution is 7.98. The number of fused-ring (bicyclic) bond motifs is 2. The minimum Gasteiger partial charge on any atom is -0.322 e. The molecule has 28 heavy (non-hydrogen) atoms. The molecule has 0 fully saturated rings. The second kappa shape index (κ2) is 7.12. The Kier molecular flexibility index (Phi) is 4.77. The molecule has 0 aliphatic carbocycles. The number of aromatic nitrogens is 3. The van der Waals surface area contributed by atoms with Crippen LogP contribution in [0.2, 0.25) is 0 Å². The third kappa shape index (κ3) is 2.93. The Morgan fingerprint density at radius 1 is 1.32 bits per heavy atom. The largest absolute Gasteiger partial charge is 0.322 e. The number of hydrogen-bond acceptors (Lipinski definition) is 5. The summed E-state index contributed by atoms with van der Waals surface area (Å²) in [5.74, 6) is 0.582. The molecule has 0 unspecified atom stereocenters. The van der Waals surface area contributed by atoms with Gasteiger partial charge in [-0.3, -0.25) is 9.36 Å². The summed E-state index contributed by atoms with van der Waals surface area (Å²) in [7, 11) is 0.